The zero-order chi connectivity index (χ0) is 19.5. The average molecular weight is 399 g/mol. The number of ether oxygens (including phenoxy) is 1. The number of benzene rings is 2. The van der Waals surface area contributed by atoms with E-state index < -0.39 is 6.10 Å². The molecule has 2 aromatic rings. The van der Waals surface area contributed by atoms with E-state index in [4.69, 9.17) is 16.3 Å². The fourth-order valence-electron chi connectivity index (χ4n) is 4.23. The summed E-state index contributed by atoms with van der Waals surface area (Å²) >= 11 is 5.97. The lowest BCUT2D eigenvalue weighted by Crippen LogP contribution is -2.70. The van der Waals surface area contributed by atoms with E-state index in [-0.39, 0.29) is 11.9 Å². The summed E-state index contributed by atoms with van der Waals surface area (Å²) in [4.78, 5) is 14.9. The molecule has 0 aromatic heterocycles. The molecule has 1 heterocycles. The Hall–Kier alpha value is -2.04. The first-order valence-electron chi connectivity index (χ1n) is 10.2. The number of halogens is 1. The molecule has 2 atom stereocenters. The SMILES string of the molecule is Cc1ccccc1N1C(=O)C(Oc2ccc(Cl)cc2)C1CNC1CCCCC1. The number of nitrogens with zero attached hydrogens (tertiary/aromatic N) is 1. The summed E-state index contributed by atoms with van der Waals surface area (Å²) in [6.07, 6.45) is 5.86. The molecule has 4 nitrogen and oxygen atoms in total. The summed E-state index contributed by atoms with van der Waals surface area (Å²) < 4.78 is 6.07. The van der Waals surface area contributed by atoms with E-state index in [0.717, 1.165) is 17.8 Å². The Labute approximate surface area is 171 Å². The summed E-state index contributed by atoms with van der Waals surface area (Å²) in [6, 6.07) is 15.8. The molecule has 0 spiro atoms. The largest absolute Gasteiger partial charge is 0.478 e. The number of carbonyl (C=O) groups excluding carboxylic acids is 1. The Morgan fingerprint density at radius 2 is 1.79 bits per heavy atom. The minimum Gasteiger partial charge on any atom is -0.478 e. The van der Waals surface area contributed by atoms with Crippen LogP contribution in [0.15, 0.2) is 48.5 Å². The van der Waals surface area contributed by atoms with E-state index in [1.807, 2.05) is 48.2 Å². The third-order valence-electron chi connectivity index (χ3n) is 5.83. The molecule has 2 aromatic carbocycles. The Morgan fingerprint density at radius 3 is 2.50 bits per heavy atom. The van der Waals surface area contributed by atoms with Crippen LogP contribution >= 0.6 is 11.6 Å². The monoisotopic (exact) mass is 398 g/mol. The first kappa shape index (κ1) is 19.3. The minimum absolute atomic E-state index is 0.0136. The smallest absolute Gasteiger partial charge is 0.270 e. The Balaban J connectivity index is 1.51. The molecular weight excluding hydrogens is 372 g/mol. The van der Waals surface area contributed by atoms with Crippen molar-refractivity contribution in [2.24, 2.45) is 0 Å². The highest BCUT2D eigenvalue weighted by atomic mass is 35.5. The Bertz CT molecular complexity index is 818. The van der Waals surface area contributed by atoms with Gasteiger partial charge in [0.2, 0.25) is 0 Å². The molecule has 1 N–H and O–H groups in total. The lowest BCUT2D eigenvalue weighted by molar-refractivity contribution is -0.134. The van der Waals surface area contributed by atoms with Crippen molar-refractivity contribution in [1.82, 2.24) is 5.32 Å². The maximum Gasteiger partial charge on any atom is 0.270 e. The van der Waals surface area contributed by atoms with Gasteiger partial charge < -0.3 is 15.0 Å². The van der Waals surface area contributed by atoms with Gasteiger partial charge in [-0.25, -0.2) is 0 Å². The number of hydrogen-bond acceptors (Lipinski definition) is 3. The zero-order valence-corrected chi connectivity index (χ0v) is 17.0. The maximum atomic E-state index is 13.0. The lowest BCUT2D eigenvalue weighted by Gasteiger charge is -2.47. The van der Waals surface area contributed by atoms with Gasteiger partial charge in [0.15, 0.2) is 6.10 Å². The molecule has 1 saturated carbocycles. The maximum absolute atomic E-state index is 13.0. The second-order valence-corrected chi connectivity index (χ2v) is 8.23. The van der Waals surface area contributed by atoms with Crippen LogP contribution in [0.25, 0.3) is 0 Å². The highest BCUT2D eigenvalue weighted by molar-refractivity contribution is 6.30. The van der Waals surface area contributed by atoms with Crippen molar-refractivity contribution in [3.8, 4) is 5.75 Å². The number of carbonyl (C=O) groups is 1. The fraction of sp³-hybridized carbons (Fsp3) is 0.435. The van der Waals surface area contributed by atoms with Gasteiger partial charge >= 0.3 is 0 Å². The van der Waals surface area contributed by atoms with Crippen molar-refractivity contribution in [3.05, 3.63) is 59.1 Å². The van der Waals surface area contributed by atoms with Crippen LogP contribution in [0.3, 0.4) is 0 Å². The Kier molecular flexibility index (Phi) is 5.88. The number of rotatable bonds is 6. The Morgan fingerprint density at radius 1 is 1.07 bits per heavy atom. The number of para-hydroxylation sites is 1. The minimum atomic E-state index is -0.475. The predicted octanol–water partition coefficient (Wildman–Crippen LogP) is 4.73. The highest BCUT2D eigenvalue weighted by Gasteiger charge is 2.50. The van der Waals surface area contributed by atoms with Crippen LogP contribution in [0.5, 0.6) is 5.75 Å². The molecule has 2 fully saturated rings. The van der Waals surface area contributed by atoms with Gasteiger partial charge in [-0.05, 0) is 55.7 Å². The summed E-state index contributed by atoms with van der Waals surface area (Å²) in [6.45, 7) is 2.78. The second kappa shape index (κ2) is 8.54. The molecule has 5 heteroatoms. The van der Waals surface area contributed by atoms with Gasteiger partial charge in [-0.3, -0.25) is 4.79 Å². The summed E-state index contributed by atoms with van der Waals surface area (Å²) in [7, 11) is 0. The quantitative estimate of drug-likeness (QED) is 0.715. The van der Waals surface area contributed by atoms with Crippen molar-refractivity contribution in [2.75, 3.05) is 11.4 Å². The van der Waals surface area contributed by atoms with Crippen LogP contribution in [0, 0.1) is 6.92 Å². The van der Waals surface area contributed by atoms with E-state index >= 15 is 0 Å². The van der Waals surface area contributed by atoms with Crippen molar-refractivity contribution in [1.29, 1.82) is 0 Å². The first-order valence-corrected chi connectivity index (χ1v) is 10.6. The molecule has 2 aliphatic rings. The van der Waals surface area contributed by atoms with Crippen molar-refractivity contribution in [3.63, 3.8) is 0 Å². The van der Waals surface area contributed by atoms with Crippen LogP contribution in [0.1, 0.15) is 37.7 Å². The molecule has 1 aliphatic carbocycles. The van der Waals surface area contributed by atoms with Gasteiger partial charge in [-0.1, -0.05) is 49.1 Å². The van der Waals surface area contributed by atoms with Gasteiger partial charge in [-0.15, -0.1) is 0 Å². The van der Waals surface area contributed by atoms with Gasteiger partial charge in [0.1, 0.15) is 5.75 Å². The summed E-state index contributed by atoms with van der Waals surface area (Å²) in [5, 5.41) is 4.35. The highest BCUT2D eigenvalue weighted by Crippen LogP contribution is 2.33. The number of hydrogen-bond donors (Lipinski definition) is 1. The summed E-state index contributed by atoms with van der Waals surface area (Å²) in [5.41, 5.74) is 2.07. The number of nitrogens with one attached hydrogen (secondary N) is 1. The molecule has 1 aliphatic heterocycles. The topological polar surface area (TPSA) is 41.6 Å². The van der Waals surface area contributed by atoms with Crippen LogP contribution < -0.4 is 15.0 Å². The van der Waals surface area contributed by atoms with Gasteiger partial charge in [-0.2, -0.15) is 0 Å². The molecule has 4 rings (SSSR count). The zero-order valence-electron chi connectivity index (χ0n) is 16.2. The standard InChI is InChI=1S/C23H27ClN2O2/c1-16-7-5-6-10-20(16)26-21(15-25-18-8-3-2-4-9-18)22(23(26)27)28-19-13-11-17(24)12-14-19/h5-7,10-14,18,21-22,25H,2-4,8-9,15H2,1H3. The molecule has 1 saturated heterocycles. The van der Waals surface area contributed by atoms with Gasteiger partial charge in [0.25, 0.3) is 5.91 Å². The summed E-state index contributed by atoms with van der Waals surface area (Å²) in [5.74, 6) is 0.689. The van der Waals surface area contributed by atoms with E-state index in [1.165, 1.54) is 32.1 Å². The fourth-order valence-corrected chi connectivity index (χ4v) is 4.36. The molecule has 0 bridgehead atoms. The molecule has 148 valence electrons. The molecule has 1 amide bonds. The van der Waals surface area contributed by atoms with Crippen LogP contribution in [-0.4, -0.2) is 30.6 Å². The third kappa shape index (κ3) is 4.03. The van der Waals surface area contributed by atoms with Crippen molar-refractivity contribution in [2.45, 2.75) is 57.2 Å². The van der Waals surface area contributed by atoms with E-state index in [1.54, 1.807) is 12.1 Å². The van der Waals surface area contributed by atoms with Crippen LogP contribution in [0.2, 0.25) is 5.02 Å². The van der Waals surface area contributed by atoms with Crippen LogP contribution in [-0.2, 0) is 4.79 Å². The normalized spacial score (nSPS) is 22.8. The van der Waals surface area contributed by atoms with Gasteiger partial charge in [0, 0.05) is 23.3 Å². The van der Waals surface area contributed by atoms with E-state index in [9.17, 15) is 4.79 Å². The molecule has 28 heavy (non-hydrogen) atoms. The van der Waals surface area contributed by atoms with Crippen molar-refractivity contribution < 1.29 is 9.53 Å². The molecular formula is C23H27ClN2O2. The van der Waals surface area contributed by atoms with E-state index in [0.29, 0.717) is 16.8 Å². The number of aryl methyl sites for hydroxylation is 1. The molecule has 0 radical (unpaired) electrons. The number of amides is 1. The predicted molar refractivity (Wildman–Crippen MR) is 113 cm³/mol. The second-order valence-electron chi connectivity index (χ2n) is 7.80. The number of β-lactam (4-membered cyclic amide) rings is 1. The molecule has 2 unspecified atom stereocenters. The first-order chi connectivity index (χ1) is 13.6. The average Bonchev–Trinajstić information content (AvgIpc) is 2.72. The van der Waals surface area contributed by atoms with Crippen molar-refractivity contribution >= 4 is 23.2 Å². The lowest BCUT2D eigenvalue weighted by atomic mass is 9.92. The third-order valence-corrected chi connectivity index (χ3v) is 6.09. The van der Waals surface area contributed by atoms with Crippen LogP contribution in [0.4, 0.5) is 5.69 Å². The van der Waals surface area contributed by atoms with Gasteiger partial charge in [0.05, 0.1) is 6.04 Å². The van der Waals surface area contributed by atoms with E-state index in [2.05, 4.69) is 5.32 Å². The number of anilines is 1.